The molecule has 0 aliphatic rings. The number of aliphatic hydroxyl groups is 1. The van der Waals surface area contributed by atoms with Gasteiger partial charge in [0.2, 0.25) is 5.95 Å². The summed E-state index contributed by atoms with van der Waals surface area (Å²) in [7, 11) is 1.60. The molecule has 1 aromatic carbocycles. The van der Waals surface area contributed by atoms with Crippen LogP contribution in [0.2, 0.25) is 0 Å². The second-order valence-corrected chi connectivity index (χ2v) is 4.91. The van der Waals surface area contributed by atoms with Crippen LogP contribution in [0.1, 0.15) is 36.9 Å². The molecule has 0 saturated carbocycles. The number of aryl methyl sites for hydroxylation is 2. The second kappa shape index (κ2) is 7.70. The van der Waals surface area contributed by atoms with E-state index in [2.05, 4.69) is 20.5 Å². The summed E-state index contributed by atoms with van der Waals surface area (Å²) < 4.78 is 5.16. The standard InChI is InChI=1S/C16H22N4O2/c1-4-13-14(5-2)19-20-16(18-13)17-10-15(21)11-7-6-8-12(9-11)22-3/h6-9,15,21H,4-5,10H2,1-3H3,(H,17,18,20). The van der Waals surface area contributed by atoms with Gasteiger partial charge in [-0.2, -0.15) is 5.10 Å². The molecule has 118 valence electrons. The van der Waals surface area contributed by atoms with Gasteiger partial charge in [0.25, 0.3) is 0 Å². The Morgan fingerprint density at radius 1 is 1.18 bits per heavy atom. The molecule has 0 saturated heterocycles. The van der Waals surface area contributed by atoms with E-state index in [9.17, 15) is 5.11 Å². The van der Waals surface area contributed by atoms with Crippen molar-refractivity contribution in [3.8, 4) is 5.75 Å². The fourth-order valence-electron chi connectivity index (χ4n) is 2.17. The Balaban J connectivity index is 2.02. The number of nitrogens with zero attached hydrogens (tertiary/aromatic N) is 3. The molecule has 0 spiro atoms. The molecule has 6 nitrogen and oxygen atoms in total. The van der Waals surface area contributed by atoms with Crippen molar-refractivity contribution in [1.82, 2.24) is 15.2 Å². The molecule has 2 aromatic rings. The van der Waals surface area contributed by atoms with Crippen LogP contribution in [0.4, 0.5) is 5.95 Å². The first-order chi connectivity index (χ1) is 10.7. The lowest BCUT2D eigenvalue weighted by Crippen LogP contribution is -2.16. The summed E-state index contributed by atoms with van der Waals surface area (Å²) >= 11 is 0. The molecule has 22 heavy (non-hydrogen) atoms. The first kappa shape index (κ1) is 16.2. The second-order valence-electron chi connectivity index (χ2n) is 4.91. The average molecular weight is 302 g/mol. The molecule has 1 heterocycles. The molecular formula is C16H22N4O2. The predicted molar refractivity (Wildman–Crippen MR) is 85.0 cm³/mol. The molecule has 1 unspecified atom stereocenters. The maximum atomic E-state index is 10.2. The van der Waals surface area contributed by atoms with E-state index >= 15 is 0 Å². The third kappa shape index (κ3) is 3.92. The molecule has 2 N–H and O–H groups in total. The summed E-state index contributed by atoms with van der Waals surface area (Å²) in [6, 6.07) is 7.35. The summed E-state index contributed by atoms with van der Waals surface area (Å²) in [4.78, 5) is 4.44. The Labute approximate surface area is 130 Å². The zero-order valence-corrected chi connectivity index (χ0v) is 13.2. The Morgan fingerprint density at radius 3 is 2.64 bits per heavy atom. The van der Waals surface area contributed by atoms with Crippen LogP contribution in [0.25, 0.3) is 0 Å². The van der Waals surface area contributed by atoms with Crippen LogP contribution in [-0.2, 0) is 12.8 Å². The molecule has 1 aromatic heterocycles. The van der Waals surface area contributed by atoms with Gasteiger partial charge in [0.15, 0.2) is 0 Å². The van der Waals surface area contributed by atoms with E-state index in [1.807, 2.05) is 38.1 Å². The minimum absolute atomic E-state index is 0.309. The molecule has 0 amide bonds. The molecule has 0 aliphatic heterocycles. The molecule has 0 fully saturated rings. The van der Waals surface area contributed by atoms with E-state index in [1.54, 1.807) is 7.11 Å². The highest BCUT2D eigenvalue weighted by Crippen LogP contribution is 2.19. The maximum Gasteiger partial charge on any atom is 0.243 e. The van der Waals surface area contributed by atoms with Crippen LogP contribution < -0.4 is 10.1 Å². The highest BCUT2D eigenvalue weighted by Gasteiger charge is 2.11. The van der Waals surface area contributed by atoms with Gasteiger partial charge in [-0.05, 0) is 30.5 Å². The van der Waals surface area contributed by atoms with Gasteiger partial charge in [-0.25, -0.2) is 4.98 Å². The van der Waals surface area contributed by atoms with E-state index in [0.717, 1.165) is 35.5 Å². The Hall–Kier alpha value is -2.21. The van der Waals surface area contributed by atoms with Gasteiger partial charge >= 0.3 is 0 Å². The lowest BCUT2D eigenvalue weighted by Gasteiger charge is -2.13. The van der Waals surface area contributed by atoms with Gasteiger partial charge in [-0.3, -0.25) is 0 Å². The Morgan fingerprint density at radius 2 is 1.95 bits per heavy atom. The molecular weight excluding hydrogens is 280 g/mol. The fourth-order valence-corrected chi connectivity index (χ4v) is 2.17. The smallest absolute Gasteiger partial charge is 0.243 e. The largest absolute Gasteiger partial charge is 0.497 e. The summed E-state index contributed by atoms with van der Waals surface area (Å²) in [5.74, 6) is 1.16. The molecule has 1 atom stereocenters. The van der Waals surface area contributed by atoms with Gasteiger partial charge in [0.1, 0.15) is 5.75 Å². The molecule has 0 radical (unpaired) electrons. The number of nitrogens with one attached hydrogen (secondary N) is 1. The topological polar surface area (TPSA) is 80.2 Å². The van der Waals surface area contributed by atoms with Crippen LogP contribution in [-0.4, -0.2) is 33.9 Å². The minimum Gasteiger partial charge on any atom is -0.497 e. The first-order valence-corrected chi connectivity index (χ1v) is 7.46. The van der Waals surface area contributed by atoms with Crippen molar-refractivity contribution >= 4 is 5.95 Å². The van der Waals surface area contributed by atoms with Gasteiger partial charge in [-0.15, -0.1) is 5.10 Å². The van der Waals surface area contributed by atoms with Gasteiger partial charge in [0.05, 0.1) is 24.6 Å². The van der Waals surface area contributed by atoms with E-state index < -0.39 is 6.10 Å². The molecule has 6 heteroatoms. The van der Waals surface area contributed by atoms with Crippen molar-refractivity contribution in [2.75, 3.05) is 19.0 Å². The zero-order chi connectivity index (χ0) is 15.9. The van der Waals surface area contributed by atoms with Crippen molar-refractivity contribution in [3.05, 3.63) is 41.2 Å². The predicted octanol–water partition coefficient (Wildman–Crippen LogP) is 2.15. The van der Waals surface area contributed by atoms with Crippen LogP contribution in [0.15, 0.2) is 24.3 Å². The number of aliphatic hydroxyl groups excluding tert-OH is 1. The third-order valence-corrected chi connectivity index (χ3v) is 3.44. The number of anilines is 1. The van der Waals surface area contributed by atoms with Gasteiger partial charge < -0.3 is 15.2 Å². The van der Waals surface area contributed by atoms with Crippen LogP contribution in [0.5, 0.6) is 5.75 Å². The summed E-state index contributed by atoms with van der Waals surface area (Å²) in [6.45, 7) is 4.38. The van der Waals surface area contributed by atoms with Crippen molar-refractivity contribution in [2.45, 2.75) is 32.8 Å². The van der Waals surface area contributed by atoms with E-state index in [-0.39, 0.29) is 0 Å². The summed E-state index contributed by atoms with van der Waals surface area (Å²) in [6.07, 6.45) is 0.955. The van der Waals surface area contributed by atoms with Crippen molar-refractivity contribution in [1.29, 1.82) is 0 Å². The zero-order valence-electron chi connectivity index (χ0n) is 13.2. The number of ether oxygens (including phenoxy) is 1. The van der Waals surface area contributed by atoms with Crippen LogP contribution in [0.3, 0.4) is 0 Å². The number of aromatic nitrogens is 3. The number of rotatable bonds is 7. The average Bonchev–Trinajstić information content (AvgIpc) is 2.59. The minimum atomic E-state index is -0.672. The van der Waals surface area contributed by atoms with E-state index in [0.29, 0.717) is 12.5 Å². The summed E-state index contributed by atoms with van der Waals surface area (Å²) in [5.41, 5.74) is 2.64. The lowest BCUT2D eigenvalue weighted by molar-refractivity contribution is 0.191. The van der Waals surface area contributed by atoms with Crippen molar-refractivity contribution in [2.24, 2.45) is 0 Å². The molecule has 0 bridgehead atoms. The number of hydrogen-bond donors (Lipinski definition) is 2. The quantitative estimate of drug-likeness (QED) is 0.816. The molecule has 2 rings (SSSR count). The van der Waals surface area contributed by atoms with Crippen LogP contribution in [0, 0.1) is 0 Å². The van der Waals surface area contributed by atoms with E-state index in [4.69, 9.17) is 4.74 Å². The van der Waals surface area contributed by atoms with Gasteiger partial charge in [0, 0.05) is 6.54 Å². The molecule has 0 aliphatic carbocycles. The SMILES string of the molecule is CCc1nnc(NCC(O)c2cccc(OC)c2)nc1CC. The number of hydrogen-bond acceptors (Lipinski definition) is 6. The Kier molecular flexibility index (Phi) is 5.66. The first-order valence-electron chi connectivity index (χ1n) is 7.46. The maximum absolute atomic E-state index is 10.2. The highest BCUT2D eigenvalue weighted by molar-refractivity contribution is 5.32. The normalized spacial score (nSPS) is 12.0. The van der Waals surface area contributed by atoms with E-state index in [1.165, 1.54) is 0 Å². The van der Waals surface area contributed by atoms with Crippen LogP contribution >= 0.6 is 0 Å². The summed E-state index contributed by atoms with van der Waals surface area (Å²) in [5, 5.41) is 21.5. The number of benzene rings is 1. The third-order valence-electron chi connectivity index (χ3n) is 3.44. The number of methoxy groups -OCH3 is 1. The fraction of sp³-hybridized carbons (Fsp3) is 0.438. The van der Waals surface area contributed by atoms with Crippen molar-refractivity contribution < 1.29 is 9.84 Å². The Bertz CT molecular complexity index is 619. The highest BCUT2D eigenvalue weighted by atomic mass is 16.5. The lowest BCUT2D eigenvalue weighted by atomic mass is 10.1. The van der Waals surface area contributed by atoms with Gasteiger partial charge in [-0.1, -0.05) is 26.0 Å². The van der Waals surface area contributed by atoms with Crippen molar-refractivity contribution in [3.63, 3.8) is 0 Å². The monoisotopic (exact) mass is 302 g/mol.